The third-order valence-electron chi connectivity index (χ3n) is 4.19. The van der Waals surface area contributed by atoms with Gasteiger partial charge in [0.25, 0.3) is 0 Å². The van der Waals surface area contributed by atoms with E-state index >= 15 is 0 Å². The van der Waals surface area contributed by atoms with Gasteiger partial charge in [0.15, 0.2) is 0 Å². The summed E-state index contributed by atoms with van der Waals surface area (Å²) < 4.78 is 0. The van der Waals surface area contributed by atoms with Crippen molar-refractivity contribution in [3.8, 4) is 0 Å². The van der Waals surface area contributed by atoms with Gasteiger partial charge >= 0.3 is 0 Å². The molecule has 0 spiro atoms. The Balaban J connectivity index is 2.35. The molecule has 0 aromatic carbocycles. The van der Waals surface area contributed by atoms with E-state index in [1.165, 1.54) is 5.57 Å². The van der Waals surface area contributed by atoms with Gasteiger partial charge < -0.3 is 15.1 Å². The van der Waals surface area contributed by atoms with Crippen molar-refractivity contribution < 1.29 is 4.79 Å². The van der Waals surface area contributed by atoms with Gasteiger partial charge in [0.1, 0.15) is 0 Å². The first-order valence-corrected chi connectivity index (χ1v) is 7.94. The molecule has 0 unspecified atom stereocenters. The summed E-state index contributed by atoms with van der Waals surface area (Å²) in [4.78, 5) is 16.8. The number of amides is 1. The van der Waals surface area contributed by atoms with E-state index in [0.717, 1.165) is 52.0 Å². The summed E-state index contributed by atoms with van der Waals surface area (Å²) in [6, 6.07) is 0. The molecule has 0 aromatic rings. The lowest BCUT2D eigenvalue weighted by atomic mass is 9.95. The number of likely N-dealkylation sites (tertiary alicyclic amines) is 1. The van der Waals surface area contributed by atoms with Gasteiger partial charge in [-0.2, -0.15) is 0 Å². The van der Waals surface area contributed by atoms with Gasteiger partial charge in [0.2, 0.25) is 5.91 Å². The molecule has 0 aliphatic carbocycles. The van der Waals surface area contributed by atoms with Crippen LogP contribution < -0.4 is 5.32 Å². The van der Waals surface area contributed by atoms with Crippen LogP contribution in [0.4, 0.5) is 0 Å². The summed E-state index contributed by atoms with van der Waals surface area (Å²) in [7, 11) is 2.13. The molecule has 116 valence electrons. The Morgan fingerprint density at radius 2 is 2.00 bits per heavy atom. The van der Waals surface area contributed by atoms with Crippen molar-refractivity contribution in [3.63, 3.8) is 0 Å². The summed E-state index contributed by atoms with van der Waals surface area (Å²) in [5, 5.41) is 3.30. The van der Waals surface area contributed by atoms with Gasteiger partial charge in [-0.05, 0) is 59.4 Å². The van der Waals surface area contributed by atoms with E-state index in [9.17, 15) is 4.79 Å². The Morgan fingerprint density at radius 3 is 2.55 bits per heavy atom. The maximum absolute atomic E-state index is 12.5. The van der Waals surface area contributed by atoms with E-state index in [0.29, 0.717) is 5.91 Å². The average molecular weight is 281 g/mol. The number of nitrogens with zero attached hydrogens (tertiary/aromatic N) is 2. The lowest BCUT2D eigenvalue weighted by Gasteiger charge is -2.32. The molecular weight excluding hydrogens is 250 g/mol. The van der Waals surface area contributed by atoms with Crippen LogP contribution in [0.3, 0.4) is 0 Å². The lowest BCUT2D eigenvalue weighted by Crippen LogP contribution is -2.43. The minimum absolute atomic E-state index is 0.235. The highest BCUT2D eigenvalue weighted by Gasteiger charge is 2.26. The SMILES string of the molecule is CC/C(C)=C/NCCN(CC)C(=O)C1CCN(C)CC1. The topological polar surface area (TPSA) is 35.6 Å². The van der Waals surface area contributed by atoms with Gasteiger partial charge in [-0.15, -0.1) is 0 Å². The fraction of sp³-hybridized carbons (Fsp3) is 0.812. The maximum atomic E-state index is 12.5. The largest absolute Gasteiger partial charge is 0.389 e. The van der Waals surface area contributed by atoms with E-state index in [2.05, 4.69) is 44.2 Å². The molecule has 0 saturated carbocycles. The standard InChI is InChI=1S/C16H31N3O/c1-5-14(3)13-17-9-12-19(6-2)16(20)15-7-10-18(4)11-8-15/h13,15,17H,5-12H2,1-4H3/b14-13+. The number of nitrogens with one attached hydrogen (secondary N) is 1. The molecule has 0 aromatic heterocycles. The number of likely N-dealkylation sites (N-methyl/N-ethyl adjacent to an activating group) is 1. The second-order valence-corrected chi connectivity index (χ2v) is 5.79. The van der Waals surface area contributed by atoms with Gasteiger partial charge in [-0.3, -0.25) is 4.79 Å². The highest BCUT2D eigenvalue weighted by molar-refractivity contribution is 5.79. The van der Waals surface area contributed by atoms with Crippen LogP contribution in [0, 0.1) is 5.92 Å². The van der Waals surface area contributed by atoms with E-state index in [4.69, 9.17) is 0 Å². The summed E-state index contributed by atoms with van der Waals surface area (Å²) in [5.41, 5.74) is 1.34. The molecule has 1 aliphatic heterocycles. The average Bonchev–Trinajstić information content (AvgIpc) is 2.47. The zero-order valence-electron chi connectivity index (χ0n) is 13.6. The second kappa shape index (κ2) is 9.01. The van der Waals surface area contributed by atoms with Crippen LogP contribution in [0.2, 0.25) is 0 Å². The van der Waals surface area contributed by atoms with Crippen molar-refractivity contribution in [1.82, 2.24) is 15.1 Å². The van der Waals surface area contributed by atoms with E-state index in [-0.39, 0.29) is 5.92 Å². The number of carbonyl (C=O) groups is 1. The highest BCUT2D eigenvalue weighted by Crippen LogP contribution is 2.18. The summed E-state index contributed by atoms with van der Waals surface area (Å²) in [5.74, 6) is 0.581. The van der Waals surface area contributed by atoms with Crippen molar-refractivity contribution in [2.45, 2.75) is 40.0 Å². The zero-order valence-corrected chi connectivity index (χ0v) is 13.6. The second-order valence-electron chi connectivity index (χ2n) is 5.79. The van der Waals surface area contributed by atoms with Gasteiger partial charge in [-0.1, -0.05) is 12.5 Å². The molecule has 1 amide bonds. The number of rotatable bonds is 7. The number of hydrogen-bond acceptors (Lipinski definition) is 3. The number of allylic oxidation sites excluding steroid dienone is 1. The van der Waals surface area contributed by atoms with Crippen molar-refractivity contribution >= 4 is 5.91 Å². The molecule has 1 saturated heterocycles. The molecule has 4 heteroatoms. The van der Waals surface area contributed by atoms with Crippen molar-refractivity contribution in [2.24, 2.45) is 5.92 Å². The van der Waals surface area contributed by atoms with Crippen LogP contribution in [-0.4, -0.2) is 55.5 Å². The summed E-state index contributed by atoms with van der Waals surface area (Å²) >= 11 is 0. The molecule has 0 atom stereocenters. The van der Waals surface area contributed by atoms with Crippen molar-refractivity contribution in [1.29, 1.82) is 0 Å². The minimum atomic E-state index is 0.235. The number of piperidine rings is 1. The molecule has 0 bridgehead atoms. The molecule has 1 fully saturated rings. The normalized spacial score (nSPS) is 18.1. The fourth-order valence-electron chi connectivity index (χ4n) is 2.49. The van der Waals surface area contributed by atoms with Crippen LogP contribution in [0.1, 0.15) is 40.0 Å². The van der Waals surface area contributed by atoms with Gasteiger partial charge in [0, 0.05) is 25.6 Å². The molecule has 1 N–H and O–H groups in total. The smallest absolute Gasteiger partial charge is 0.225 e. The van der Waals surface area contributed by atoms with Crippen LogP contribution in [0.15, 0.2) is 11.8 Å². The monoisotopic (exact) mass is 281 g/mol. The molecule has 1 aliphatic rings. The molecule has 1 heterocycles. The predicted octanol–water partition coefficient (Wildman–Crippen LogP) is 2.08. The molecule has 1 rings (SSSR count). The summed E-state index contributed by atoms with van der Waals surface area (Å²) in [6.07, 6.45) is 5.15. The first kappa shape index (κ1) is 17.0. The Morgan fingerprint density at radius 1 is 1.35 bits per heavy atom. The first-order chi connectivity index (χ1) is 9.58. The number of carbonyl (C=O) groups excluding carboxylic acids is 1. The van der Waals surface area contributed by atoms with Crippen LogP contribution in [0.25, 0.3) is 0 Å². The Labute approximate surface area is 124 Å². The number of hydrogen-bond donors (Lipinski definition) is 1. The van der Waals surface area contributed by atoms with Crippen LogP contribution >= 0.6 is 0 Å². The Kier molecular flexibility index (Phi) is 7.67. The van der Waals surface area contributed by atoms with E-state index in [1.807, 2.05) is 4.90 Å². The van der Waals surface area contributed by atoms with Gasteiger partial charge in [0.05, 0.1) is 0 Å². The highest BCUT2D eigenvalue weighted by atomic mass is 16.2. The summed E-state index contributed by atoms with van der Waals surface area (Å²) in [6.45, 7) is 10.9. The fourth-order valence-corrected chi connectivity index (χ4v) is 2.49. The van der Waals surface area contributed by atoms with Crippen molar-refractivity contribution in [3.05, 3.63) is 11.8 Å². The molecule has 20 heavy (non-hydrogen) atoms. The first-order valence-electron chi connectivity index (χ1n) is 7.94. The third kappa shape index (κ3) is 5.53. The third-order valence-corrected chi connectivity index (χ3v) is 4.19. The Bertz CT molecular complexity index is 320. The van der Waals surface area contributed by atoms with Gasteiger partial charge in [-0.25, -0.2) is 0 Å². The molecule has 0 radical (unpaired) electrons. The minimum Gasteiger partial charge on any atom is -0.389 e. The van der Waals surface area contributed by atoms with E-state index < -0.39 is 0 Å². The van der Waals surface area contributed by atoms with Crippen LogP contribution in [-0.2, 0) is 4.79 Å². The quantitative estimate of drug-likeness (QED) is 0.726. The zero-order chi connectivity index (χ0) is 15.0. The molecule has 4 nitrogen and oxygen atoms in total. The Hall–Kier alpha value is -1.03. The molecular formula is C16H31N3O. The van der Waals surface area contributed by atoms with Crippen LogP contribution in [0.5, 0.6) is 0 Å². The maximum Gasteiger partial charge on any atom is 0.225 e. The lowest BCUT2D eigenvalue weighted by molar-refractivity contribution is -0.136. The predicted molar refractivity (Wildman–Crippen MR) is 84.5 cm³/mol. The van der Waals surface area contributed by atoms with Crippen molar-refractivity contribution in [2.75, 3.05) is 39.8 Å². The van der Waals surface area contributed by atoms with E-state index in [1.54, 1.807) is 0 Å².